The van der Waals surface area contributed by atoms with Gasteiger partial charge in [0.15, 0.2) is 15.8 Å². The summed E-state index contributed by atoms with van der Waals surface area (Å²) in [4.78, 5) is 6.71. The Kier molecular flexibility index (Phi) is 3.42. The monoisotopic (exact) mass is 275 g/mol. The first kappa shape index (κ1) is 12.8. The van der Waals surface area contributed by atoms with Crippen molar-refractivity contribution in [1.29, 1.82) is 0 Å². The Morgan fingerprint density at radius 1 is 1.35 bits per heavy atom. The van der Waals surface area contributed by atoms with Gasteiger partial charge in [-0.3, -0.25) is 4.90 Å². The molecule has 2 rings (SSSR count). The fraction of sp³-hybridized carbons (Fsp3) is 0.700. The molecule has 1 aliphatic heterocycles. The minimum Gasteiger partial charge on any atom is -0.375 e. The molecule has 2 heterocycles. The average molecular weight is 275 g/mol. The van der Waals surface area contributed by atoms with E-state index in [-0.39, 0.29) is 0 Å². The van der Waals surface area contributed by atoms with Gasteiger partial charge in [-0.15, -0.1) is 11.3 Å². The first-order valence-electron chi connectivity index (χ1n) is 5.55. The van der Waals surface area contributed by atoms with Gasteiger partial charge in [0.1, 0.15) is 4.87 Å². The molecule has 5 nitrogen and oxygen atoms in total. The van der Waals surface area contributed by atoms with Gasteiger partial charge < -0.3 is 5.73 Å². The fourth-order valence-electron chi connectivity index (χ4n) is 2.05. The number of aromatic nitrogens is 1. The van der Waals surface area contributed by atoms with Crippen molar-refractivity contribution in [3.8, 4) is 0 Å². The van der Waals surface area contributed by atoms with Gasteiger partial charge in [0.05, 0.1) is 5.69 Å². The van der Waals surface area contributed by atoms with Crippen LogP contribution >= 0.6 is 11.3 Å². The molecule has 0 atom stereocenters. The van der Waals surface area contributed by atoms with Crippen molar-refractivity contribution in [2.45, 2.75) is 31.6 Å². The number of thiazole rings is 1. The first-order valence-corrected chi connectivity index (χ1v) is 7.54. The van der Waals surface area contributed by atoms with Crippen LogP contribution in [0.4, 0.5) is 5.13 Å². The van der Waals surface area contributed by atoms with Crippen molar-refractivity contribution in [1.82, 2.24) is 9.88 Å². The molecule has 0 bridgehead atoms. The highest BCUT2D eigenvalue weighted by Gasteiger charge is 2.31. The Labute approximate surface area is 107 Å². The second-order valence-electron chi connectivity index (χ2n) is 4.66. The van der Waals surface area contributed by atoms with Crippen LogP contribution in [0.5, 0.6) is 0 Å². The zero-order chi connectivity index (χ0) is 12.6. The largest absolute Gasteiger partial charge is 0.375 e. The molecule has 2 N–H and O–H groups in total. The van der Waals surface area contributed by atoms with E-state index >= 15 is 0 Å². The second-order valence-corrected chi connectivity index (χ2v) is 7.38. The van der Waals surface area contributed by atoms with Gasteiger partial charge >= 0.3 is 0 Å². The van der Waals surface area contributed by atoms with Crippen LogP contribution in [0.25, 0.3) is 0 Å². The van der Waals surface area contributed by atoms with E-state index < -0.39 is 15.6 Å². The molecule has 0 fully saturated rings. The third kappa shape index (κ3) is 2.46. The van der Waals surface area contributed by atoms with Crippen molar-refractivity contribution in [2.24, 2.45) is 0 Å². The van der Waals surface area contributed by atoms with Crippen LogP contribution in [-0.4, -0.2) is 36.3 Å². The van der Waals surface area contributed by atoms with Crippen molar-refractivity contribution in [2.75, 3.05) is 18.8 Å². The maximum atomic E-state index is 11.3. The molecule has 1 aliphatic rings. The van der Waals surface area contributed by atoms with Gasteiger partial charge in [-0.1, -0.05) is 0 Å². The van der Waals surface area contributed by atoms with Crippen LogP contribution in [0.15, 0.2) is 0 Å². The standard InChI is InChI=1S/C10H17N3O2S2/c1-10(2,17(14)15)13-5-3-7-8(4-6-13)16-9(11)12-7/h17H,3-6H2,1-2H3,(H2,11,12). The minimum atomic E-state index is -2.46. The van der Waals surface area contributed by atoms with E-state index in [1.54, 1.807) is 13.8 Å². The number of thiol groups is 1. The Balaban J connectivity index is 2.17. The van der Waals surface area contributed by atoms with E-state index in [1.165, 1.54) is 16.2 Å². The predicted molar refractivity (Wildman–Crippen MR) is 69.9 cm³/mol. The van der Waals surface area contributed by atoms with Gasteiger partial charge in [0.2, 0.25) is 0 Å². The highest BCUT2D eigenvalue weighted by molar-refractivity contribution is 7.73. The lowest BCUT2D eigenvalue weighted by molar-refractivity contribution is 0.198. The van der Waals surface area contributed by atoms with Crippen LogP contribution < -0.4 is 5.73 Å². The lowest BCUT2D eigenvalue weighted by atomic mass is 10.2. The fourth-order valence-corrected chi connectivity index (χ4v) is 3.34. The highest BCUT2D eigenvalue weighted by atomic mass is 32.2. The summed E-state index contributed by atoms with van der Waals surface area (Å²) in [7, 11) is -2.46. The van der Waals surface area contributed by atoms with Gasteiger partial charge in [0.25, 0.3) is 0 Å². The number of hydrogen-bond donors (Lipinski definition) is 2. The molecule has 0 amide bonds. The van der Waals surface area contributed by atoms with Crippen LogP contribution in [0.2, 0.25) is 0 Å². The summed E-state index contributed by atoms with van der Waals surface area (Å²) in [6, 6.07) is 0. The van der Waals surface area contributed by atoms with Crippen LogP contribution in [0, 0.1) is 0 Å². The molecule has 96 valence electrons. The lowest BCUT2D eigenvalue weighted by Gasteiger charge is -2.32. The lowest BCUT2D eigenvalue weighted by Crippen LogP contribution is -2.46. The summed E-state index contributed by atoms with van der Waals surface area (Å²) in [5.74, 6) is 0. The van der Waals surface area contributed by atoms with Crippen molar-refractivity contribution in [3.63, 3.8) is 0 Å². The summed E-state index contributed by atoms with van der Waals surface area (Å²) in [5.41, 5.74) is 6.71. The summed E-state index contributed by atoms with van der Waals surface area (Å²) < 4.78 is 22.5. The highest BCUT2D eigenvalue weighted by Crippen LogP contribution is 2.27. The van der Waals surface area contributed by atoms with E-state index in [0.29, 0.717) is 11.7 Å². The Morgan fingerprint density at radius 2 is 2.00 bits per heavy atom. The first-order chi connectivity index (χ1) is 7.91. The number of nitrogen functional groups attached to an aromatic ring is 1. The summed E-state index contributed by atoms with van der Waals surface area (Å²) in [5, 5.41) is 0.609. The van der Waals surface area contributed by atoms with Gasteiger partial charge in [0, 0.05) is 24.4 Å². The topological polar surface area (TPSA) is 76.3 Å². The quantitative estimate of drug-likeness (QED) is 0.768. The maximum Gasteiger partial charge on any atom is 0.180 e. The van der Waals surface area contributed by atoms with Gasteiger partial charge in [-0.2, -0.15) is 0 Å². The van der Waals surface area contributed by atoms with Gasteiger partial charge in [-0.05, 0) is 20.3 Å². The van der Waals surface area contributed by atoms with Crippen LogP contribution in [0.3, 0.4) is 0 Å². The Morgan fingerprint density at radius 3 is 2.65 bits per heavy atom. The molecule has 0 aromatic carbocycles. The van der Waals surface area contributed by atoms with Crippen molar-refractivity contribution < 1.29 is 8.42 Å². The number of nitrogens with two attached hydrogens (primary N) is 1. The second kappa shape index (κ2) is 4.55. The van der Waals surface area contributed by atoms with Crippen LogP contribution in [-0.2, 0) is 23.5 Å². The summed E-state index contributed by atoms with van der Waals surface area (Å²) in [6.07, 6.45) is 1.60. The van der Waals surface area contributed by atoms with Crippen molar-refractivity contribution >= 4 is 27.2 Å². The molecule has 0 saturated heterocycles. The molecule has 0 spiro atoms. The van der Waals surface area contributed by atoms with E-state index in [2.05, 4.69) is 4.98 Å². The third-order valence-corrected chi connectivity index (χ3v) is 5.41. The van der Waals surface area contributed by atoms with E-state index in [0.717, 1.165) is 25.1 Å². The normalized spacial score (nSPS) is 18.1. The number of hydrogen-bond acceptors (Lipinski definition) is 6. The molecular weight excluding hydrogens is 258 g/mol. The van der Waals surface area contributed by atoms with E-state index in [4.69, 9.17) is 5.73 Å². The maximum absolute atomic E-state index is 11.3. The smallest absolute Gasteiger partial charge is 0.180 e. The predicted octanol–water partition coefficient (Wildman–Crippen LogP) is 0.473. The molecule has 0 aliphatic carbocycles. The average Bonchev–Trinajstić information content (AvgIpc) is 2.47. The number of fused-ring (bicyclic) bond motifs is 1. The third-order valence-electron chi connectivity index (χ3n) is 3.24. The Hall–Kier alpha value is -0.660. The molecule has 1 aromatic rings. The summed E-state index contributed by atoms with van der Waals surface area (Å²) >= 11 is 1.51. The molecule has 0 saturated carbocycles. The Bertz CT molecular complexity index is 460. The zero-order valence-electron chi connectivity index (χ0n) is 9.97. The minimum absolute atomic E-state index is 0.609. The van der Waals surface area contributed by atoms with E-state index in [9.17, 15) is 8.42 Å². The summed E-state index contributed by atoms with van der Waals surface area (Å²) in [6.45, 7) is 4.96. The molecule has 0 radical (unpaired) electrons. The number of nitrogens with zero attached hydrogens (tertiary/aromatic N) is 2. The SMILES string of the molecule is CC(C)(N1CCc2nc(N)sc2CC1)[SH](=O)=O. The van der Waals surface area contributed by atoms with Gasteiger partial charge in [-0.25, -0.2) is 13.4 Å². The van der Waals surface area contributed by atoms with E-state index in [1.807, 2.05) is 4.90 Å². The molecule has 1 aromatic heterocycles. The molecule has 0 unspecified atom stereocenters. The number of anilines is 1. The molecule has 17 heavy (non-hydrogen) atoms. The zero-order valence-corrected chi connectivity index (χ0v) is 11.7. The van der Waals surface area contributed by atoms with Crippen LogP contribution in [0.1, 0.15) is 24.4 Å². The molecule has 7 heteroatoms. The number of rotatable bonds is 2. The molecular formula is C10H17N3O2S2. The van der Waals surface area contributed by atoms with Crippen molar-refractivity contribution in [3.05, 3.63) is 10.6 Å².